The van der Waals surface area contributed by atoms with Gasteiger partial charge in [-0.25, -0.2) is 0 Å². The van der Waals surface area contributed by atoms with Gasteiger partial charge < -0.3 is 10.2 Å². The summed E-state index contributed by atoms with van der Waals surface area (Å²) in [6.45, 7) is 15.6. The summed E-state index contributed by atoms with van der Waals surface area (Å²) in [5.41, 5.74) is 7.79. The van der Waals surface area contributed by atoms with Gasteiger partial charge in [0.2, 0.25) is 0 Å². The third-order valence-electron chi connectivity index (χ3n) is 9.87. The third-order valence-corrected chi connectivity index (χ3v) is 9.87. The van der Waals surface area contributed by atoms with Crippen molar-refractivity contribution in [1.82, 2.24) is 0 Å². The van der Waals surface area contributed by atoms with E-state index in [2.05, 4.69) is 45.0 Å². The van der Waals surface area contributed by atoms with Crippen molar-refractivity contribution in [2.24, 2.45) is 16.7 Å². The molecule has 2 N–H and O–H groups in total. The molecule has 4 bridgehead atoms. The van der Waals surface area contributed by atoms with E-state index in [0.29, 0.717) is 16.9 Å². The summed E-state index contributed by atoms with van der Waals surface area (Å²) in [6.07, 6.45) is 7.56. The lowest BCUT2D eigenvalue weighted by Gasteiger charge is -2.70. The maximum Gasteiger partial charge on any atom is 0.121 e. The Bertz CT molecular complexity index is 983. The number of phenolic OH excluding ortho intramolecular Hbond substituents is 2. The monoisotopic (exact) mass is 432 g/mol. The number of hydrogen-bond acceptors (Lipinski definition) is 2. The first kappa shape index (κ1) is 21.9. The van der Waals surface area contributed by atoms with E-state index in [1.165, 1.54) is 49.7 Å². The predicted molar refractivity (Wildman–Crippen MR) is 132 cm³/mol. The van der Waals surface area contributed by atoms with Gasteiger partial charge in [-0.05, 0) is 127 Å². The first-order valence-electron chi connectivity index (χ1n) is 12.4. The molecule has 4 aliphatic carbocycles. The van der Waals surface area contributed by atoms with Crippen LogP contribution in [0.25, 0.3) is 0 Å². The lowest BCUT2D eigenvalue weighted by molar-refractivity contribution is -0.141. The topological polar surface area (TPSA) is 40.5 Å². The van der Waals surface area contributed by atoms with Crippen molar-refractivity contribution in [3.63, 3.8) is 0 Å². The van der Waals surface area contributed by atoms with Crippen LogP contribution in [0.1, 0.15) is 92.7 Å². The lowest BCUT2D eigenvalue weighted by atomic mass is 9.34. The molecule has 4 saturated carbocycles. The van der Waals surface area contributed by atoms with E-state index in [0.717, 1.165) is 28.2 Å². The van der Waals surface area contributed by atoms with Crippen LogP contribution < -0.4 is 0 Å². The van der Waals surface area contributed by atoms with E-state index in [4.69, 9.17) is 0 Å². The summed E-state index contributed by atoms with van der Waals surface area (Å²) in [4.78, 5) is 0. The quantitative estimate of drug-likeness (QED) is 0.514. The first-order valence-corrected chi connectivity index (χ1v) is 12.4. The van der Waals surface area contributed by atoms with Gasteiger partial charge in [0.05, 0.1) is 0 Å². The molecule has 0 heterocycles. The zero-order valence-electron chi connectivity index (χ0n) is 21.0. The second-order valence-corrected chi connectivity index (χ2v) is 13.0. The number of aromatic hydroxyl groups is 2. The standard InChI is InChI=1S/C30H40O2/c1-18-8-23(9-19(2)25(18)31)28-12-22-13-29(15-28,17-30(14-22,16-28)27(5,6)7)24-10-20(3)26(32)21(4)11-24/h8-11,22,31-32H,12-17H2,1-7H3. The van der Waals surface area contributed by atoms with Gasteiger partial charge in [-0.3, -0.25) is 0 Å². The van der Waals surface area contributed by atoms with E-state index < -0.39 is 0 Å². The molecule has 0 aromatic heterocycles. The normalized spacial score (nSPS) is 33.7. The van der Waals surface area contributed by atoms with Gasteiger partial charge in [-0.2, -0.15) is 0 Å². The van der Waals surface area contributed by atoms with E-state index in [1.807, 2.05) is 27.7 Å². The van der Waals surface area contributed by atoms with Crippen LogP contribution in [0.4, 0.5) is 0 Å². The Kier molecular flexibility index (Phi) is 4.48. The Morgan fingerprint density at radius 3 is 1.38 bits per heavy atom. The zero-order valence-corrected chi connectivity index (χ0v) is 21.0. The number of phenols is 2. The van der Waals surface area contributed by atoms with Gasteiger partial charge in [-0.15, -0.1) is 0 Å². The van der Waals surface area contributed by atoms with Crippen LogP contribution in [0.15, 0.2) is 24.3 Å². The van der Waals surface area contributed by atoms with Crippen molar-refractivity contribution in [3.05, 3.63) is 57.6 Å². The molecule has 2 nitrogen and oxygen atoms in total. The van der Waals surface area contributed by atoms with Gasteiger partial charge in [0.15, 0.2) is 0 Å². The van der Waals surface area contributed by atoms with Gasteiger partial charge in [0.1, 0.15) is 11.5 Å². The second-order valence-electron chi connectivity index (χ2n) is 13.0. The summed E-state index contributed by atoms with van der Waals surface area (Å²) in [5.74, 6) is 1.63. The minimum Gasteiger partial charge on any atom is -0.507 e. The highest BCUT2D eigenvalue weighted by molar-refractivity contribution is 5.50. The number of hydrogen-bond donors (Lipinski definition) is 2. The maximum atomic E-state index is 10.5. The fourth-order valence-corrected chi connectivity index (χ4v) is 8.44. The summed E-state index contributed by atoms with van der Waals surface area (Å²) in [6, 6.07) is 9.14. The van der Waals surface area contributed by atoms with Crippen LogP contribution in [0.3, 0.4) is 0 Å². The van der Waals surface area contributed by atoms with Crippen molar-refractivity contribution < 1.29 is 10.2 Å². The Morgan fingerprint density at radius 1 is 0.656 bits per heavy atom. The van der Waals surface area contributed by atoms with Crippen molar-refractivity contribution in [2.75, 3.05) is 0 Å². The van der Waals surface area contributed by atoms with Gasteiger partial charge >= 0.3 is 0 Å². The maximum absolute atomic E-state index is 10.5. The summed E-state index contributed by atoms with van der Waals surface area (Å²) < 4.78 is 0. The highest BCUT2D eigenvalue weighted by atomic mass is 16.3. The molecule has 172 valence electrons. The first-order chi connectivity index (χ1) is 14.8. The van der Waals surface area contributed by atoms with Crippen molar-refractivity contribution >= 4 is 0 Å². The van der Waals surface area contributed by atoms with Crippen molar-refractivity contribution in [1.29, 1.82) is 0 Å². The zero-order chi connectivity index (χ0) is 23.3. The number of rotatable bonds is 2. The molecule has 2 aromatic carbocycles. The molecule has 32 heavy (non-hydrogen) atoms. The Balaban J connectivity index is 1.73. The third kappa shape index (κ3) is 2.90. The van der Waals surface area contributed by atoms with E-state index >= 15 is 0 Å². The summed E-state index contributed by atoms with van der Waals surface area (Å²) in [7, 11) is 0. The van der Waals surface area contributed by atoms with Crippen LogP contribution in [-0.4, -0.2) is 10.2 Å². The molecular formula is C30H40O2. The SMILES string of the molecule is Cc1cc(C23CC4CC(c5cc(C)c(O)c(C)c5)(C2)CC(C(C)(C)C)(C4)C3)cc(C)c1O. The highest BCUT2D eigenvalue weighted by Crippen LogP contribution is 2.74. The molecule has 2 unspecified atom stereocenters. The number of aryl methyl sites for hydroxylation is 4. The van der Waals surface area contributed by atoms with Crippen LogP contribution in [-0.2, 0) is 10.8 Å². The average Bonchev–Trinajstić information content (AvgIpc) is 2.67. The number of benzene rings is 2. The van der Waals surface area contributed by atoms with Crippen LogP contribution in [0.5, 0.6) is 11.5 Å². The summed E-state index contributed by atoms with van der Waals surface area (Å²) in [5, 5.41) is 21.0. The van der Waals surface area contributed by atoms with Crippen molar-refractivity contribution in [2.45, 2.75) is 97.8 Å². The van der Waals surface area contributed by atoms with Crippen molar-refractivity contribution in [3.8, 4) is 11.5 Å². The van der Waals surface area contributed by atoms with E-state index in [9.17, 15) is 10.2 Å². The minimum atomic E-state index is 0.162. The molecule has 0 spiro atoms. The lowest BCUT2D eigenvalue weighted by Crippen LogP contribution is -2.63. The fourth-order valence-electron chi connectivity index (χ4n) is 8.44. The molecule has 0 amide bonds. The Hall–Kier alpha value is -1.96. The fraction of sp³-hybridized carbons (Fsp3) is 0.600. The predicted octanol–water partition coefficient (Wildman–Crippen LogP) is 7.54. The molecular weight excluding hydrogens is 392 g/mol. The Labute approximate surface area is 194 Å². The van der Waals surface area contributed by atoms with Gasteiger partial charge in [0, 0.05) is 0 Å². The minimum absolute atomic E-state index is 0.162. The smallest absolute Gasteiger partial charge is 0.121 e. The molecule has 6 rings (SSSR count). The average molecular weight is 433 g/mol. The van der Waals surface area contributed by atoms with Crippen LogP contribution >= 0.6 is 0 Å². The largest absolute Gasteiger partial charge is 0.507 e. The summed E-state index contributed by atoms with van der Waals surface area (Å²) >= 11 is 0. The molecule has 4 aliphatic rings. The molecule has 0 radical (unpaired) electrons. The van der Waals surface area contributed by atoms with E-state index in [1.54, 1.807) is 0 Å². The molecule has 2 atom stereocenters. The Morgan fingerprint density at radius 2 is 1.03 bits per heavy atom. The van der Waals surface area contributed by atoms with Gasteiger partial charge in [-0.1, -0.05) is 45.0 Å². The van der Waals surface area contributed by atoms with E-state index in [-0.39, 0.29) is 16.2 Å². The molecule has 2 aromatic rings. The molecule has 0 saturated heterocycles. The molecule has 0 aliphatic heterocycles. The second kappa shape index (κ2) is 6.55. The van der Waals surface area contributed by atoms with Crippen LogP contribution in [0.2, 0.25) is 0 Å². The van der Waals surface area contributed by atoms with Crippen LogP contribution in [0, 0.1) is 44.4 Å². The molecule has 4 fully saturated rings. The molecule has 2 heteroatoms. The van der Waals surface area contributed by atoms with Gasteiger partial charge in [0.25, 0.3) is 0 Å². The highest BCUT2D eigenvalue weighted by Gasteiger charge is 2.66.